The minimum Gasteiger partial charge on any atom is -0.444 e. The lowest BCUT2D eigenvalue weighted by Crippen LogP contribution is -2.32. The third kappa shape index (κ3) is 6.43. The largest absolute Gasteiger partial charge is 0.444 e. The van der Waals surface area contributed by atoms with Gasteiger partial charge < -0.3 is 15.8 Å². The number of rotatable bonds is 6. The third-order valence-electron chi connectivity index (χ3n) is 4.76. The predicted molar refractivity (Wildman–Crippen MR) is 123 cm³/mol. The van der Waals surface area contributed by atoms with E-state index in [1.165, 1.54) is 18.3 Å². The molecule has 0 saturated carbocycles. The first-order chi connectivity index (χ1) is 15.5. The zero-order valence-corrected chi connectivity index (χ0v) is 19.1. The average molecular weight is 451 g/mol. The van der Waals surface area contributed by atoms with Gasteiger partial charge in [0.1, 0.15) is 11.4 Å². The van der Waals surface area contributed by atoms with Crippen LogP contribution >= 0.6 is 0 Å². The van der Waals surface area contributed by atoms with Crippen LogP contribution in [-0.2, 0) is 11.3 Å². The van der Waals surface area contributed by atoms with Crippen molar-refractivity contribution in [3.63, 3.8) is 0 Å². The molecule has 3 rings (SSSR count). The van der Waals surface area contributed by atoms with Gasteiger partial charge in [-0.1, -0.05) is 36.4 Å². The number of benzene rings is 2. The van der Waals surface area contributed by atoms with Gasteiger partial charge in [0.2, 0.25) is 0 Å². The molecular formula is C25H27FN4O3. The highest BCUT2D eigenvalue weighted by molar-refractivity contribution is 6.01. The Bertz CT molecular complexity index is 1170. The van der Waals surface area contributed by atoms with E-state index in [-0.39, 0.29) is 12.3 Å². The van der Waals surface area contributed by atoms with E-state index in [1.54, 1.807) is 58.0 Å². The van der Waals surface area contributed by atoms with Crippen molar-refractivity contribution < 1.29 is 18.7 Å². The Morgan fingerprint density at radius 2 is 1.88 bits per heavy atom. The highest BCUT2D eigenvalue weighted by Gasteiger charge is 2.22. The number of aromatic nitrogens is 2. The summed E-state index contributed by atoms with van der Waals surface area (Å²) in [6.07, 6.45) is 0.887. The molecule has 0 radical (unpaired) electrons. The number of halogens is 1. The molecule has 1 heterocycles. The topological polar surface area (TPSA) is 107 Å². The highest BCUT2D eigenvalue weighted by atomic mass is 19.1. The lowest BCUT2D eigenvalue weighted by molar-refractivity contribution is 0.0523. The molecule has 0 bridgehead atoms. The average Bonchev–Trinajstić information content (AvgIpc) is 2.76. The van der Waals surface area contributed by atoms with Crippen LogP contribution in [-0.4, -0.2) is 27.4 Å². The number of ketones is 1. The van der Waals surface area contributed by atoms with Crippen LogP contribution in [0.3, 0.4) is 0 Å². The fourth-order valence-electron chi connectivity index (χ4n) is 3.18. The van der Waals surface area contributed by atoms with E-state index in [0.717, 1.165) is 5.56 Å². The fraction of sp³-hybridized carbons (Fsp3) is 0.280. The van der Waals surface area contributed by atoms with Crippen molar-refractivity contribution in [2.75, 3.05) is 0 Å². The van der Waals surface area contributed by atoms with Crippen LogP contribution in [0.2, 0.25) is 0 Å². The molecule has 0 aliphatic carbocycles. The van der Waals surface area contributed by atoms with Gasteiger partial charge in [-0.15, -0.1) is 0 Å². The highest BCUT2D eigenvalue weighted by Crippen LogP contribution is 2.22. The van der Waals surface area contributed by atoms with Crippen LogP contribution in [0.4, 0.5) is 9.18 Å². The van der Waals surface area contributed by atoms with Crippen LogP contribution in [0.15, 0.2) is 54.7 Å². The number of hydrogen-bond acceptors (Lipinski definition) is 6. The van der Waals surface area contributed by atoms with Gasteiger partial charge in [-0.2, -0.15) is 0 Å². The van der Waals surface area contributed by atoms with Crippen molar-refractivity contribution in [2.45, 2.75) is 45.9 Å². The molecule has 1 unspecified atom stereocenters. The van der Waals surface area contributed by atoms with Crippen molar-refractivity contribution in [2.24, 2.45) is 5.73 Å². The summed E-state index contributed by atoms with van der Waals surface area (Å²) in [5.41, 5.74) is 8.29. The maximum Gasteiger partial charge on any atom is 0.407 e. The third-order valence-corrected chi connectivity index (χ3v) is 4.76. The van der Waals surface area contributed by atoms with Gasteiger partial charge in [0, 0.05) is 18.3 Å². The monoisotopic (exact) mass is 450 g/mol. The zero-order chi connectivity index (χ0) is 24.2. The normalized spacial score (nSPS) is 12.2. The van der Waals surface area contributed by atoms with Gasteiger partial charge in [0.15, 0.2) is 11.6 Å². The maximum atomic E-state index is 13.5. The van der Waals surface area contributed by atoms with Crippen molar-refractivity contribution in [1.29, 1.82) is 0 Å². The van der Waals surface area contributed by atoms with Crippen LogP contribution in [0.25, 0.3) is 11.4 Å². The molecule has 0 saturated heterocycles. The summed E-state index contributed by atoms with van der Waals surface area (Å²) in [5, 5.41) is 2.68. The first-order valence-electron chi connectivity index (χ1n) is 10.5. The molecular weight excluding hydrogens is 423 g/mol. The van der Waals surface area contributed by atoms with Gasteiger partial charge in [-0.25, -0.2) is 19.2 Å². The second-order valence-electron chi connectivity index (χ2n) is 8.65. The molecule has 3 aromatic rings. The summed E-state index contributed by atoms with van der Waals surface area (Å²) >= 11 is 0. The summed E-state index contributed by atoms with van der Waals surface area (Å²) in [7, 11) is 0. The summed E-state index contributed by atoms with van der Waals surface area (Å²) in [5.74, 6) is -0.403. The van der Waals surface area contributed by atoms with Crippen molar-refractivity contribution in [1.82, 2.24) is 15.3 Å². The number of nitrogens with two attached hydrogens (primary N) is 1. The first kappa shape index (κ1) is 24.0. The predicted octanol–water partition coefficient (Wildman–Crippen LogP) is 4.50. The fourth-order valence-corrected chi connectivity index (χ4v) is 3.18. The Hall–Kier alpha value is -3.65. The number of nitrogens with one attached hydrogen (secondary N) is 1. The summed E-state index contributed by atoms with van der Waals surface area (Å²) < 4.78 is 18.7. The number of hydrogen-bond donors (Lipinski definition) is 2. The Kier molecular flexibility index (Phi) is 7.18. The number of carbonyl (C=O) groups is 2. The van der Waals surface area contributed by atoms with E-state index < -0.39 is 23.6 Å². The number of amides is 1. The van der Waals surface area contributed by atoms with Crippen LogP contribution in [0, 0.1) is 12.7 Å². The molecule has 3 N–H and O–H groups in total. The standard InChI is InChI=1S/C25H27FN4O3/c1-15-20(14-28-23(30-15)18-9-6-10-19(26)12-18)22(31)21(27)17-8-5-7-16(11-17)13-29-24(32)33-25(2,3)4/h5-12,14,21H,13,27H2,1-4H3,(H,29,32). The molecule has 0 aliphatic rings. The number of ether oxygens (including phenoxy) is 1. The van der Waals surface area contributed by atoms with Crippen LogP contribution in [0.5, 0.6) is 0 Å². The molecule has 1 atom stereocenters. The molecule has 1 amide bonds. The number of Topliss-reactive ketones (excluding diaryl/α,β-unsaturated/α-hetero) is 1. The quantitative estimate of drug-likeness (QED) is 0.536. The number of nitrogens with zero attached hydrogens (tertiary/aromatic N) is 2. The van der Waals surface area contributed by atoms with E-state index in [1.807, 2.05) is 6.07 Å². The summed E-state index contributed by atoms with van der Waals surface area (Å²) in [4.78, 5) is 33.5. The number of carbonyl (C=O) groups excluding carboxylic acids is 2. The van der Waals surface area contributed by atoms with Crippen molar-refractivity contribution in [3.05, 3.63) is 82.9 Å². The van der Waals surface area contributed by atoms with E-state index in [4.69, 9.17) is 10.5 Å². The lowest BCUT2D eigenvalue weighted by atomic mass is 9.97. The van der Waals surface area contributed by atoms with Gasteiger partial charge in [-0.05, 0) is 51.0 Å². The maximum absolute atomic E-state index is 13.5. The van der Waals surface area contributed by atoms with E-state index in [2.05, 4.69) is 15.3 Å². The Balaban J connectivity index is 1.73. The molecule has 7 nitrogen and oxygen atoms in total. The van der Waals surface area contributed by atoms with Crippen LogP contribution < -0.4 is 11.1 Å². The summed E-state index contributed by atoms with van der Waals surface area (Å²) in [6.45, 7) is 7.27. The van der Waals surface area contributed by atoms with E-state index in [0.29, 0.717) is 28.2 Å². The molecule has 0 aliphatic heterocycles. The van der Waals surface area contributed by atoms with E-state index in [9.17, 15) is 14.0 Å². The smallest absolute Gasteiger partial charge is 0.407 e. The van der Waals surface area contributed by atoms with Gasteiger partial charge in [0.25, 0.3) is 0 Å². The van der Waals surface area contributed by atoms with Crippen molar-refractivity contribution in [3.8, 4) is 11.4 Å². The first-order valence-corrected chi connectivity index (χ1v) is 10.5. The SMILES string of the molecule is Cc1nc(-c2cccc(F)c2)ncc1C(=O)C(N)c1cccc(CNC(=O)OC(C)(C)C)c1. The molecule has 2 aromatic carbocycles. The Labute approximate surface area is 192 Å². The molecule has 0 spiro atoms. The molecule has 0 fully saturated rings. The Morgan fingerprint density at radius 1 is 1.15 bits per heavy atom. The van der Waals surface area contributed by atoms with Crippen LogP contribution in [0.1, 0.15) is 54.0 Å². The Morgan fingerprint density at radius 3 is 2.55 bits per heavy atom. The number of alkyl carbamates (subject to hydrolysis) is 1. The van der Waals surface area contributed by atoms with Gasteiger partial charge >= 0.3 is 6.09 Å². The second-order valence-corrected chi connectivity index (χ2v) is 8.65. The molecule has 8 heteroatoms. The van der Waals surface area contributed by atoms with Crippen molar-refractivity contribution >= 4 is 11.9 Å². The molecule has 172 valence electrons. The van der Waals surface area contributed by atoms with Gasteiger partial charge in [-0.3, -0.25) is 4.79 Å². The van der Waals surface area contributed by atoms with Gasteiger partial charge in [0.05, 0.1) is 17.3 Å². The molecule has 1 aromatic heterocycles. The minimum atomic E-state index is -0.936. The lowest BCUT2D eigenvalue weighted by Gasteiger charge is -2.20. The second kappa shape index (κ2) is 9.87. The number of aryl methyl sites for hydroxylation is 1. The molecule has 33 heavy (non-hydrogen) atoms. The van der Waals surface area contributed by atoms with E-state index >= 15 is 0 Å². The minimum absolute atomic E-state index is 0.230. The summed E-state index contributed by atoms with van der Waals surface area (Å²) in [6, 6.07) is 12.1. The zero-order valence-electron chi connectivity index (χ0n) is 19.1.